The van der Waals surface area contributed by atoms with Crippen LogP contribution in [0.4, 0.5) is 11.5 Å². The molecule has 1 saturated heterocycles. The molecule has 4 heterocycles. The van der Waals surface area contributed by atoms with E-state index in [-0.39, 0.29) is 17.8 Å². The number of aromatic carboxylic acids is 1. The lowest BCUT2D eigenvalue weighted by Gasteiger charge is -2.27. The highest BCUT2D eigenvalue weighted by Crippen LogP contribution is 2.35. The van der Waals surface area contributed by atoms with Crippen LogP contribution in [-0.2, 0) is 0 Å². The Kier molecular flexibility index (Phi) is 4.81. The lowest BCUT2D eigenvalue weighted by molar-refractivity contribution is 0.0643. The normalized spacial score (nSPS) is 18.0. The molecule has 1 atom stereocenters. The summed E-state index contributed by atoms with van der Waals surface area (Å²) in [7, 11) is 0. The van der Waals surface area contributed by atoms with E-state index in [1.165, 1.54) is 11.8 Å². The highest BCUT2D eigenvalue weighted by atomic mass is 32.2. The third kappa shape index (κ3) is 3.40. The Hall–Kier alpha value is -3.47. The van der Waals surface area contributed by atoms with Gasteiger partial charge in [0.1, 0.15) is 11.4 Å². The summed E-state index contributed by atoms with van der Waals surface area (Å²) < 4.78 is 4.77. The molecule has 0 unspecified atom stereocenters. The van der Waals surface area contributed by atoms with Gasteiger partial charge in [0.2, 0.25) is 5.82 Å². The predicted molar refractivity (Wildman–Crippen MR) is 113 cm³/mol. The molecule has 2 aliphatic heterocycles. The number of rotatable bonds is 4. The summed E-state index contributed by atoms with van der Waals surface area (Å²) in [4.78, 5) is 41.3. The molecule has 3 aromatic rings. The summed E-state index contributed by atoms with van der Waals surface area (Å²) in [5.74, 6) is -1.11. The van der Waals surface area contributed by atoms with Crippen LogP contribution >= 0.6 is 11.8 Å². The van der Waals surface area contributed by atoms with Crippen LogP contribution in [0.1, 0.15) is 33.9 Å². The number of hydrogen-bond acceptors (Lipinski definition) is 9. The first-order valence-electron chi connectivity index (χ1n) is 9.72. The molecule has 0 bridgehead atoms. The Morgan fingerprint density at radius 2 is 2.19 bits per heavy atom. The van der Waals surface area contributed by atoms with Crippen LogP contribution in [0.5, 0.6) is 0 Å². The van der Waals surface area contributed by atoms with Crippen LogP contribution in [0.15, 0.2) is 40.1 Å². The minimum Gasteiger partial charge on any atom is -0.474 e. The van der Waals surface area contributed by atoms with Gasteiger partial charge in [-0.1, -0.05) is 29.1 Å². The average Bonchev–Trinajstić information content (AvgIpc) is 3.45. The molecule has 1 fully saturated rings. The van der Waals surface area contributed by atoms with E-state index in [1.54, 1.807) is 29.3 Å². The zero-order valence-electron chi connectivity index (χ0n) is 16.6. The summed E-state index contributed by atoms with van der Waals surface area (Å²) in [5, 5.41) is 13.4. The molecule has 0 saturated carbocycles. The Morgan fingerprint density at radius 3 is 2.97 bits per heavy atom. The molecular weight excluding hydrogens is 420 g/mol. The first kappa shape index (κ1) is 19.5. The average molecular weight is 438 g/mol. The van der Waals surface area contributed by atoms with Crippen molar-refractivity contribution in [2.75, 3.05) is 29.1 Å². The molecule has 1 aromatic carbocycles. The number of carbonyl (C=O) groups is 2. The molecule has 2 aromatic heterocycles. The predicted octanol–water partition coefficient (Wildman–Crippen LogP) is 2.58. The standard InChI is InChI=1S/C20H18N6O4S/c1-31-20-21-9-14-16(23-20)25-7-3-6-13(25)10-26(18(14)27)12-5-2-4-11(8-12)15-22-17(19(28)29)30-24-15/h2,4-5,8-9,13H,3,6-7,10H2,1H3,(H,28,29)/t13-/m0/s1. The second-order valence-electron chi connectivity index (χ2n) is 7.28. The summed E-state index contributed by atoms with van der Waals surface area (Å²) in [6.07, 6.45) is 5.51. The lowest BCUT2D eigenvalue weighted by Crippen LogP contribution is -2.39. The van der Waals surface area contributed by atoms with E-state index in [0.717, 1.165) is 19.4 Å². The van der Waals surface area contributed by atoms with Crippen LogP contribution in [0.2, 0.25) is 0 Å². The topological polar surface area (TPSA) is 126 Å². The summed E-state index contributed by atoms with van der Waals surface area (Å²) in [6.45, 7) is 1.37. The number of thioether (sulfide) groups is 1. The quantitative estimate of drug-likeness (QED) is 0.480. The third-order valence-electron chi connectivity index (χ3n) is 5.47. The van der Waals surface area contributed by atoms with Crippen LogP contribution in [0.3, 0.4) is 0 Å². The van der Waals surface area contributed by atoms with Gasteiger partial charge in [0.15, 0.2) is 5.16 Å². The SMILES string of the molecule is CSc1ncc2c(n1)N1CCC[C@H]1CN(c1cccc(-c3noc(C(=O)O)n3)c1)C2=O. The van der Waals surface area contributed by atoms with Crippen molar-refractivity contribution in [3.63, 3.8) is 0 Å². The van der Waals surface area contributed by atoms with Crippen molar-refractivity contribution in [2.24, 2.45) is 0 Å². The summed E-state index contributed by atoms with van der Waals surface area (Å²) >= 11 is 1.45. The van der Waals surface area contributed by atoms with Gasteiger partial charge in [-0.15, -0.1) is 0 Å². The van der Waals surface area contributed by atoms with Crippen LogP contribution in [-0.4, -0.2) is 62.5 Å². The number of hydrogen-bond donors (Lipinski definition) is 1. The number of carbonyl (C=O) groups excluding carboxylic acids is 1. The molecule has 1 N–H and O–H groups in total. The Bertz CT molecular complexity index is 1180. The van der Waals surface area contributed by atoms with Gasteiger partial charge in [-0.3, -0.25) is 4.79 Å². The van der Waals surface area contributed by atoms with Crippen LogP contribution in [0, 0.1) is 0 Å². The molecule has 31 heavy (non-hydrogen) atoms. The number of fused-ring (bicyclic) bond motifs is 3. The number of carboxylic acid groups (broad SMARTS) is 1. The van der Waals surface area contributed by atoms with Crippen molar-refractivity contribution < 1.29 is 19.2 Å². The zero-order valence-corrected chi connectivity index (χ0v) is 17.4. The van der Waals surface area contributed by atoms with E-state index in [9.17, 15) is 9.59 Å². The molecular formula is C20H18N6O4S. The highest BCUT2D eigenvalue weighted by molar-refractivity contribution is 7.98. The van der Waals surface area contributed by atoms with Gasteiger partial charge in [0, 0.05) is 36.6 Å². The van der Waals surface area contributed by atoms with Gasteiger partial charge in [-0.25, -0.2) is 14.8 Å². The van der Waals surface area contributed by atoms with E-state index in [2.05, 4.69) is 25.0 Å². The highest BCUT2D eigenvalue weighted by Gasteiger charge is 2.37. The van der Waals surface area contributed by atoms with Crippen LogP contribution < -0.4 is 9.80 Å². The van der Waals surface area contributed by atoms with Crippen molar-refractivity contribution >= 4 is 35.1 Å². The minimum atomic E-state index is -1.29. The fourth-order valence-electron chi connectivity index (χ4n) is 4.03. The van der Waals surface area contributed by atoms with Crippen LogP contribution in [0.25, 0.3) is 11.4 Å². The van der Waals surface area contributed by atoms with Gasteiger partial charge in [0.05, 0.1) is 0 Å². The second kappa shape index (κ2) is 7.65. The Balaban J connectivity index is 1.55. The number of nitrogens with zero attached hydrogens (tertiary/aromatic N) is 6. The van der Waals surface area contributed by atoms with Gasteiger partial charge in [-0.2, -0.15) is 4.98 Å². The fourth-order valence-corrected chi connectivity index (χ4v) is 4.37. The Morgan fingerprint density at radius 1 is 1.32 bits per heavy atom. The first-order chi connectivity index (χ1) is 15.0. The third-order valence-corrected chi connectivity index (χ3v) is 6.03. The summed E-state index contributed by atoms with van der Waals surface area (Å²) in [5.41, 5.74) is 1.70. The molecule has 0 spiro atoms. The van der Waals surface area contributed by atoms with Crippen molar-refractivity contribution in [3.05, 3.63) is 41.9 Å². The lowest BCUT2D eigenvalue weighted by atomic mass is 10.1. The van der Waals surface area contributed by atoms with Crippen molar-refractivity contribution in [3.8, 4) is 11.4 Å². The number of aromatic nitrogens is 4. The molecule has 0 radical (unpaired) electrons. The van der Waals surface area contributed by atoms with E-state index < -0.39 is 11.9 Å². The van der Waals surface area contributed by atoms with E-state index in [4.69, 9.17) is 9.63 Å². The van der Waals surface area contributed by atoms with E-state index in [0.29, 0.717) is 34.3 Å². The van der Waals surface area contributed by atoms with Gasteiger partial charge < -0.3 is 19.4 Å². The monoisotopic (exact) mass is 438 g/mol. The minimum absolute atomic E-state index is 0.150. The van der Waals surface area contributed by atoms with Gasteiger partial charge in [0.25, 0.3) is 5.91 Å². The Labute approximate surface area is 181 Å². The van der Waals surface area contributed by atoms with Crippen molar-refractivity contribution in [2.45, 2.75) is 24.0 Å². The largest absolute Gasteiger partial charge is 0.474 e. The van der Waals surface area contributed by atoms with Gasteiger partial charge >= 0.3 is 11.9 Å². The van der Waals surface area contributed by atoms with E-state index in [1.807, 2.05) is 12.3 Å². The molecule has 1 amide bonds. The number of benzene rings is 1. The fraction of sp³-hybridized carbons (Fsp3) is 0.300. The number of amides is 1. The maximum absolute atomic E-state index is 13.5. The second-order valence-corrected chi connectivity index (χ2v) is 8.05. The molecule has 5 rings (SSSR count). The van der Waals surface area contributed by atoms with Crippen molar-refractivity contribution in [1.82, 2.24) is 20.1 Å². The summed E-state index contributed by atoms with van der Waals surface area (Å²) in [6, 6.07) is 7.27. The zero-order chi connectivity index (χ0) is 21.5. The number of anilines is 2. The number of carboxylic acids is 1. The first-order valence-corrected chi connectivity index (χ1v) is 10.9. The maximum Gasteiger partial charge on any atom is 0.394 e. The maximum atomic E-state index is 13.5. The molecule has 2 aliphatic rings. The molecule has 158 valence electrons. The van der Waals surface area contributed by atoms with Crippen molar-refractivity contribution in [1.29, 1.82) is 0 Å². The smallest absolute Gasteiger partial charge is 0.394 e. The van der Waals surface area contributed by atoms with Gasteiger partial charge in [-0.05, 0) is 31.2 Å². The molecule has 0 aliphatic carbocycles. The molecule has 11 heteroatoms. The molecule has 10 nitrogen and oxygen atoms in total. The van der Waals surface area contributed by atoms with E-state index >= 15 is 0 Å².